The van der Waals surface area contributed by atoms with Gasteiger partial charge in [0.2, 0.25) is 5.89 Å². The van der Waals surface area contributed by atoms with E-state index in [0.717, 1.165) is 0 Å². The molecule has 6 nitrogen and oxygen atoms in total. The molecule has 0 fully saturated rings. The van der Waals surface area contributed by atoms with Crippen LogP contribution < -0.4 is 5.56 Å². The molecule has 17 heavy (non-hydrogen) atoms. The molecule has 0 N–H and O–H groups in total. The van der Waals surface area contributed by atoms with Crippen LogP contribution in [0.5, 0.6) is 0 Å². The lowest BCUT2D eigenvalue weighted by atomic mass is 10.3. The summed E-state index contributed by atoms with van der Waals surface area (Å²) in [5, 5.41) is 12.5. The maximum atomic E-state index is 11.7. The minimum atomic E-state index is -0.355. The Bertz CT molecular complexity index is 621. The normalized spacial score (nSPS) is 10.1. The average Bonchev–Trinajstić information content (AvgIpc) is 2.79. The van der Waals surface area contributed by atoms with Crippen molar-refractivity contribution >= 4 is 0 Å². The van der Waals surface area contributed by atoms with Crippen molar-refractivity contribution in [1.82, 2.24) is 14.7 Å². The quantitative estimate of drug-likeness (QED) is 0.775. The van der Waals surface area contributed by atoms with Crippen LogP contribution in [0.15, 0.2) is 27.6 Å². The summed E-state index contributed by atoms with van der Waals surface area (Å²) in [6, 6.07) is 4.95. The molecule has 2 aromatic rings. The van der Waals surface area contributed by atoms with E-state index in [0.29, 0.717) is 18.1 Å². The van der Waals surface area contributed by atoms with E-state index in [1.807, 2.05) is 13.0 Å². The van der Waals surface area contributed by atoms with Gasteiger partial charge in [0.15, 0.2) is 5.82 Å². The Balaban J connectivity index is 2.31. The van der Waals surface area contributed by atoms with E-state index >= 15 is 0 Å². The predicted octanol–water partition coefficient (Wildman–Crippen LogP) is 0.714. The zero-order valence-corrected chi connectivity index (χ0v) is 9.25. The topological polar surface area (TPSA) is 84.7 Å². The Hall–Kier alpha value is -2.42. The first-order chi connectivity index (χ1) is 8.24. The third-order valence-electron chi connectivity index (χ3n) is 2.27. The Morgan fingerprint density at radius 3 is 3.06 bits per heavy atom. The highest BCUT2D eigenvalue weighted by atomic mass is 16.5. The molecule has 6 heteroatoms. The number of nitrogens with zero attached hydrogens (tertiary/aromatic N) is 4. The van der Waals surface area contributed by atoms with E-state index in [4.69, 9.17) is 9.78 Å². The summed E-state index contributed by atoms with van der Waals surface area (Å²) >= 11 is 0. The summed E-state index contributed by atoms with van der Waals surface area (Å²) in [5.74, 6) is 0.962. The van der Waals surface area contributed by atoms with Gasteiger partial charge in [0, 0.05) is 12.6 Å². The number of rotatable bonds is 3. The van der Waals surface area contributed by atoms with Crippen molar-refractivity contribution in [3.63, 3.8) is 0 Å². The number of hydrogen-bond acceptors (Lipinski definition) is 5. The number of nitriles is 1. The molecule has 0 saturated carbocycles. The molecule has 0 amide bonds. The highest BCUT2D eigenvalue weighted by Crippen LogP contribution is 2.00. The average molecular weight is 230 g/mol. The van der Waals surface area contributed by atoms with E-state index in [-0.39, 0.29) is 17.7 Å². The SMILES string of the molecule is CCc1noc(Cn2cccc(C#N)c2=O)n1. The summed E-state index contributed by atoms with van der Waals surface area (Å²) in [6.45, 7) is 2.10. The zero-order valence-electron chi connectivity index (χ0n) is 9.25. The van der Waals surface area contributed by atoms with Crippen molar-refractivity contribution in [3.8, 4) is 6.07 Å². The van der Waals surface area contributed by atoms with Crippen LogP contribution in [0.2, 0.25) is 0 Å². The fourth-order valence-electron chi connectivity index (χ4n) is 1.39. The van der Waals surface area contributed by atoms with Gasteiger partial charge in [0.1, 0.15) is 18.2 Å². The Labute approximate surface area is 97.1 Å². The summed E-state index contributed by atoms with van der Waals surface area (Å²) in [6.07, 6.45) is 2.26. The van der Waals surface area contributed by atoms with Crippen LogP contribution in [-0.2, 0) is 13.0 Å². The van der Waals surface area contributed by atoms with Gasteiger partial charge < -0.3 is 9.09 Å². The van der Waals surface area contributed by atoms with Crippen molar-refractivity contribution in [2.75, 3.05) is 0 Å². The number of aromatic nitrogens is 3. The molecule has 2 heterocycles. The molecule has 0 aliphatic carbocycles. The molecule has 0 aliphatic rings. The van der Waals surface area contributed by atoms with Gasteiger partial charge in [-0.2, -0.15) is 10.2 Å². The van der Waals surface area contributed by atoms with Crippen molar-refractivity contribution in [1.29, 1.82) is 5.26 Å². The molecule has 0 radical (unpaired) electrons. The molecule has 0 unspecified atom stereocenters. The van der Waals surface area contributed by atoms with Gasteiger partial charge >= 0.3 is 0 Å². The molecule has 0 aliphatic heterocycles. The van der Waals surface area contributed by atoms with Crippen molar-refractivity contribution in [2.45, 2.75) is 19.9 Å². The highest BCUT2D eigenvalue weighted by Gasteiger charge is 2.08. The van der Waals surface area contributed by atoms with Crippen LogP contribution in [0.4, 0.5) is 0 Å². The minimum absolute atomic E-state index is 0.0998. The Morgan fingerprint density at radius 1 is 1.59 bits per heavy atom. The van der Waals surface area contributed by atoms with Crippen molar-refractivity contribution < 1.29 is 4.52 Å². The van der Waals surface area contributed by atoms with Gasteiger partial charge in [-0.3, -0.25) is 4.79 Å². The lowest BCUT2D eigenvalue weighted by molar-refractivity contribution is 0.365. The molecular formula is C11H10N4O2. The second kappa shape index (κ2) is 4.61. The summed E-state index contributed by atoms with van der Waals surface area (Å²) in [7, 11) is 0. The third kappa shape index (κ3) is 2.23. The smallest absolute Gasteiger partial charge is 0.268 e. The minimum Gasteiger partial charge on any atom is -0.337 e. The van der Waals surface area contributed by atoms with Gasteiger partial charge in [0.25, 0.3) is 5.56 Å². The van der Waals surface area contributed by atoms with Crippen LogP contribution >= 0.6 is 0 Å². The maximum absolute atomic E-state index is 11.7. The zero-order chi connectivity index (χ0) is 12.3. The second-order valence-corrected chi connectivity index (χ2v) is 3.42. The van der Waals surface area contributed by atoms with Crippen LogP contribution in [0, 0.1) is 11.3 Å². The fourth-order valence-corrected chi connectivity index (χ4v) is 1.39. The molecule has 2 aromatic heterocycles. The van der Waals surface area contributed by atoms with Crippen molar-refractivity contribution in [3.05, 3.63) is 46.0 Å². The Morgan fingerprint density at radius 2 is 2.41 bits per heavy atom. The van der Waals surface area contributed by atoms with Crippen LogP contribution in [0.25, 0.3) is 0 Å². The van der Waals surface area contributed by atoms with E-state index in [1.165, 1.54) is 10.6 Å². The van der Waals surface area contributed by atoms with Gasteiger partial charge in [-0.1, -0.05) is 12.1 Å². The molecule has 0 bridgehead atoms. The molecule has 0 saturated heterocycles. The first-order valence-electron chi connectivity index (χ1n) is 5.15. The van der Waals surface area contributed by atoms with E-state index in [1.54, 1.807) is 12.3 Å². The predicted molar refractivity (Wildman–Crippen MR) is 58.2 cm³/mol. The van der Waals surface area contributed by atoms with Gasteiger partial charge in [0.05, 0.1) is 0 Å². The fraction of sp³-hybridized carbons (Fsp3) is 0.273. The standard InChI is InChI=1S/C11H10N4O2/c1-2-9-13-10(17-14-9)7-15-5-3-4-8(6-12)11(15)16/h3-5H,2,7H2,1H3. The van der Waals surface area contributed by atoms with E-state index in [9.17, 15) is 4.79 Å². The monoisotopic (exact) mass is 230 g/mol. The maximum Gasteiger partial charge on any atom is 0.268 e. The summed E-state index contributed by atoms with van der Waals surface area (Å²) in [4.78, 5) is 15.8. The summed E-state index contributed by atoms with van der Waals surface area (Å²) in [5.41, 5.74) is -0.256. The molecule has 0 aromatic carbocycles. The Kier molecular flexibility index (Phi) is 3.01. The second-order valence-electron chi connectivity index (χ2n) is 3.42. The molecule has 0 spiro atoms. The lowest BCUT2D eigenvalue weighted by Gasteiger charge is -2.00. The van der Waals surface area contributed by atoms with E-state index in [2.05, 4.69) is 10.1 Å². The van der Waals surface area contributed by atoms with Crippen LogP contribution in [0.1, 0.15) is 24.2 Å². The first kappa shape index (κ1) is 11.1. The molecule has 2 rings (SSSR count). The van der Waals surface area contributed by atoms with E-state index < -0.39 is 0 Å². The van der Waals surface area contributed by atoms with Gasteiger partial charge in [-0.05, 0) is 12.1 Å². The highest BCUT2D eigenvalue weighted by molar-refractivity contribution is 5.25. The summed E-state index contributed by atoms with van der Waals surface area (Å²) < 4.78 is 6.35. The van der Waals surface area contributed by atoms with Crippen LogP contribution in [-0.4, -0.2) is 14.7 Å². The van der Waals surface area contributed by atoms with Gasteiger partial charge in [-0.25, -0.2) is 0 Å². The number of pyridine rings is 1. The lowest BCUT2D eigenvalue weighted by Crippen LogP contribution is -2.22. The van der Waals surface area contributed by atoms with Gasteiger partial charge in [-0.15, -0.1) is 0 Å². The molecule has 86 valence electrons. The molecule has 0 atom stereocenters. The van der Waals surface area contributed by atoms with Crippen molar-refractivity contribution in [2.24, 2.45) is 0 Å². The first-order valence-corrected chi connectivity index (χ1v) is 5.15. The number of hydrogen-bond donors (Lipinski definition) is 0. The van der Waals surface area contributed by atoms with Crippen LogP contribution in [0.3, 0.4) is 0 Å². The molecular weight excluding hydrogens is 220 g/mol. The largest absolute Gasteiger partial charge is 0.337 e. The third-order valence-corrected chi connectivity index (χ3v) is 2.27. The number of aryl methyl sites for hydroxylation is 1.